The van der Waals surface area contributed by atoms with E-state index in [9.17, 15) is 5.11 Å². The molecule has 1 saturated heterocycles. The lowest BCUT2D eigenvalue weighted by Gasteiger charge is -2.35. The Morgan fingerprint density at radius 3 is 2.92 bits per heavy atom. The summed E-state index contributed by atoms with van der Waals surface area (Å²) in [4.78, 5) is 11.3. The summed E-state index contributed by atoms with van der Waals surface area (Å²) < 4.78 is 0. The average Bonchev–Trinajstić information content (AvgIpc) is 3.57. The maximum Gasteiger partial charge on any atom is 0.227 e. The number of H-pyrrole nitrogens is 1. The zero-order valence-electron chi connectivity index (χ0n) is 14.3. The van der Waals surface area contributed by atoms with Gasteiger partial charge in [0.05, 0.1) is 5.60 Å². The summed E-state index contributed by atoms with van der Waals surface area (Å²) in [5.74, 6) is 3.29. The van der Waals surface area contributed by atoms with E-state index in [0.717, 1.165) is 56.4 Å². The molecule has 5 rings (SSSR count). The van der Waals surface area contributed by atoms with Crippen LogP contribution >= 0.6 is 0 Å². The molecule has 0 radical (unpaired) electrons. The van der Waals surface area contributed by atoms with Gasteiger partial charge in [0.1, 0.15) is 5.82 Å². The minimum absolute atomic E-state index is 0.342. The van der Waals surface area contributed by atoms with Crippen molar-refractivity contribution in [3.05, 3.63) is 24.0 Å². The summed E-state index contributed by atoms with van der Waals surface area (Å²) >= 11 is 0. The Morgan fingerprint density at radius 2 is 2.12 bits per heavy atom. The van der Waals surface area contributed by atoms with Crippen LogP contribution in [0, 0.1) is 5.92 Å². The van der Waals surface area contributed by atoms with E-state index in [-0.39, 0.29) is 0 Å². The predicted molar refractivity (Wildman–Crippen MR) is 95.0 cm³/mol. The SMILES string of the molecule is OC1(C2CCCN(c3nccc(Nc4cc(C5CC5)[nH]n4)n3)C2)CC1. The molecule has 25 heavy (non-hydrogen) atoms. The van der Waals surface area contributed by atoms with E-state index in [4.69, 9.17) is 0 Å². The van der Waals surface area contributed by atoms with Crippen LogP contribution in [0.2, 0.25) is 0 Å². The second-order valence-electron chi connectivity index (χ2n) is 7.74. The third-order valence-corrected chi connectivity index (χ3v) is 5.74. The van der Waals surface area contributed by atoms with Gasteiger partial charge in [-0.25, -0.2) is 4.98 Å². The summed E-state index contributed by atoms with van der Waals surface area (Å²) in [7, 11) is 0. The number of aliphatic hydroxyl groups is 1. The minimum atomic E-state index is -0.428. The van der Waals surface area contributed by atoms with Crippen molar-refractivity contribution in [1.29, 1.82) is 0 Å². The Balaban J connectivity index is 1.30. The van der Waals surface area contributed by atoms with Crippen LogP contribution in [0.4, 0.5) is 17.6 Å². The molecule has 3 heterocycles. The van der Waals surface area contributed by atoms with E-state index < -0.39 is 5.60 Å². The molecule has 2 aromatic heterocycles. The first-order chi connectivity index (χ1) is 12.2. The van der Waals surface area contributed by atoms with Gasteiger partial charge in [0.15, 0.2) is 5.82 Å². The Labute approximate surface area is 146 Å². The fourth-order valence-electron chi connectivity index (χ4n) is 3.84. The van der Waals surface area contributed by atoms with Gasteiger partial charge in [0, 0.05) is 42.9 Å². The van der Waals surface area contributed by atoms with Gasteiger partial charge in [-0.1, -0.05) is 0 Å². The molecule has 0 spiro atoms. The van der Waals surface area contributed by atoms with Gasteiger partial charge in [-0.15, -0.1) is 0 Å². The van der Waals surface area contributed by atoms with E-state index in [0.29, 0.717) is 11.8 Å². The highest BCUT2D eigenvalue weighted by atomic mass is 16.3. The van der Waals surface area contributed by atoms with Crippen LogP contribution in [0.5, 0.6) is 0 Å². The molecule has 1 aliphatic heterocycles. The molecule has 2 saturated carbocycles. The highest BCUT2D eigenvalue weighted by Crippen LogP contribution is 2.45. The second-order valence-corrected chi connectivity index (χ2v) is 7.74. The van der Waals surface area contributed by atoms with Crippen molar-refractivity contribution in [3.8, 4) is 0 Å². The molecule has 7 heteroatoms. The Bertz CT molecular complexity index is 766. The molecule has 2 aliphatic carbocycles. The molecule has 3 N–H and O–H groups in total. The molecule has 0 aromatic carbocycles. The number of nitrogens with one attached hydrogen (secondary N) is 2. The summed E-state index contributed by atoms with van der Waals surface area (Å²) in [6.45, 7) is 1.79. The fourth-order valence-corrected chi connectivity index (χ4v) is 3.84. The summed E-state index contributed by atoms with van der Waals surface area (Å²) in [5.41, 5.74) is 0.774. The van der Waals surface area contributed by atoms with Crippen molar-refractivity contribution >= 4 is 17.6 Å². The normalized spacial score (nSPS) is 25.0. The van der Waals surface area contributed by atoms with Gasteiger partial charge in [-0.3, -0.25) is 5.10 Å². The number of aromatic nitrogens is 4. The number of anilines is 3. The maximum atomic E-state index is 10.4. The number of hydrogen-bond acceptors (Lipinski definition) is 6. The molecule has 0 amide bonds. The molecule has 1 atom stereocenters. The largest absolute Gasteiger partial charge is 0.390 e. The molecule has 3 fully saturated rings. The third kappa shape index (κ3) is 3.08. The van der Waals surface area contributed by atoms with Crippen molar-refractivity contribution < 1.29 is 5.11 Å². The Morgan fingerprint density at radius 1 is 1.24 bits per heavy atom. The first-order valence-corrected chi connectivity index (χ1v) is 9.32. The number of aromatic amines is 1. The zero-order valence-corrected chi connectivity index (χ0v) is 14.3. The van der Waals surface area contributed by atoms with Crippen molar-refractivity contribution in [1.82, 2.24) is 20.2 Å². The second kappa shape index (κ2) is 5.69. The van der Waals surface area contributed by atoms with Crippen molar-refractivity contribution in [3.63, 3.8) is 0 Å². The first-order valence-electron chi connectivity index (χ1n) is 9.32. The molecule has 0 bridgehead atoms. The van der Waals surface area contributed by atoms with Gasteiger partial charge in [0.25, 0.3) is 0 Å². The van der Waals surface area contributed by atoms with Crippen LogP contribution in [0.1, 0.15) is 50.1 Å². The topological polar surface area (TPSA) is 90.0 Å². The van der Waals surface area contributed by atoms with Crippen molar-refractivity contribution in [2.75, 3.05) is 23.3 Å². The lowest BCUT2D eigenvalue weighted by molar-refractivity contribution is 0.0729. The summed E-state index contributed by atoms with van der Waals surface area (Å²) in [6.07, 6.45) is 8.35. The Hall–Kier alpha value is -2.15. The number of piperidine rings is 1. The molecule has 1 unspecified atom stereocenters. The van der Waals surface area contributed by atoms with Crippen LogP contribution in [-0.2, 0) is 0 Å². The standard InChI is InChI=1S/C18H24N6O/c25-18(6-7-18)13-2-1-9-24(11-13)17-19-8-5-15(21-17)20-16-10-14(22-23-16)12-3-4-12/h5,8,10,12-13,25H,1-4,6-7,9,11H2,(H2,19,20,21,22,23). The van der Waals surface area contributed by atoms with E-state index in [1.165, 1.54) is 18.5 Å². The number of hydrogen-bond donors (Lipinski definition) is 3. The Kier molecular flexibility index (Phi) is 3.45. The smallest absolute Gasteiger partial charge is 0.227 e. The van der Waals surface area contributed by atoms with E-state index >= 15 is 0 Å². The van der Waals surface area contributed by atoms with Crippen LogP contribution < -0.4 is 10.2 Å². The average molecular weight is 340 g/mol. The lowest BCUT2D eigenvalue weighted by atomic mass is 9.91. The van der Waals surface area contributed by atoms with E-state index in [1.807, 2.05) is 6.07 Å². The zero-order chi connectivity index (χ0) is 16.9. The van der Waals surface area contributed by atoms with Crippen LogP contribution in [0.25, 0.3) is 0 Å². The third-order valence-electron chi connectivity index (χ3n) is 5.74. The van der Waals surface area contributed by atoms with E-state index in [2.05, 4.69) is 36.4 Å². The van der Waals surface area contributed by atoms with Gasteiger partial charge in [-0.05, 0) is 44.6 Å². The molecule has 7 nitrogen and oxygen atoms in total. The molecule has 2 aromatic rings. The minimum Gasteiger partial charge on any atom is -0.390 e. The first kappa shape index (κ1) is 15.1. The van der Waals surface area contributed by atoms with Crippen molar-refractivity contribution in [2.24, 2.45) is 5.92 Å². The van der Waals surface area contributed by atoms with Gasteiger partial charge < -0.3 is 15.3 Å². The van der Waals surface area contributed by atoms with Crippen LogP contribution in [0.15, 0.2) is 18.3 Å². The molecular formula is C18H24N6O. The predicted octanol–water partition coefficient (Wildman–Crippen LogP) is 2.56. The number of rotatable bonds is 5. The van der Waals surface area contributed by atoms with Crippen LogP contribution in [0.3, 0.4) is 0 Å². The van der Waals surface area contributed by atoms with Crippen LogP contribution in [-0.4, -0.2) is 44.0 Å². The summed E-state index contributed by atoms with van der Waals surface area (Å²) in [5, 5.41) is 21.1. The van der Waals surface area contributed by atoms with Gasteiger partial charge in [0.2, 0.25) is 5.95 Å². The number of nitrogens with zero attached hydrogens (tertiary/aromatic N) is 4. The lowest BCUT2D eigenvalue weighted by Crippen LogP contribution is -2.42. The highest BCUT2D eigenvalue weighted by molar-refractivity contribution is 5.53. The quantitative estimate of drug-likeness (QED) is 0.775. The maximum absolute atomic E-state index is 10.4. The highest BCUT2D eigenvalue weighted by Gasteiger charge is 2.48. The van der Waals surface area contributed by atoms with E-state index in [1.54, 1.807) is 6.20 Å². The molecule has 132 valence electrons. The molecule has 3 aliphatic rings. The summed E-state index contributed by atoms with van der Waals surface area (Å²) in [6, 6.07) is 3.93. The fraction of sp³-hybridized carbons (Fsp3) is 0.611. The van der Waals surface area contributed by atoms with Gasteiger partial charge in [-0.2, -0.15) is 10.1 Å². The van der Waals surface area contributed by atoms with Crippen molar-refractivity contribution in [2.45, 2.75) is 50.0 Å². The van der Waals surface area contributed by atoms with Gasteiger partial charge >= 0.3 is 0 Å². The monoisotopic (exact) mass is 340 g/mol. The molecular weight excluding hydrogens is 316 g/mol.